The van der Waals surface area contributed by atoms with E-state index in [-0.39, 0.29) is 5.91 Å². The Kier molecular flexibility index (Phi) is 5.83. The summed E-state index contributed by atoms with van der Waals surface area (Å²) in [5, 5.41) is 6.18. The van der Waals surface area contributed by atoms with Crippen LogP contribution < -0.4 is 15.5 Å². The second-order valence-electron chi connectivity index (χ2n) is 5.38. The number of rotatable bonds is 7. The van der Waals surface area contributed by atoms with Gasteiger partial charge >= 0.3 is 0 Å². The standard InChI is InChI=1S/C18H23N3O/c1-21(2)17-10-8-16(9-11-17)19-13-12-18(22)20-14-15-6-4-3-5-7-15/h3-11,19H,12-14H2,1-2H3,(H,20,22). The smallest absolute Gasteiger partial charge is 0.222 e. The van der Waals surface area contributed by atoms with Crippen molar-refractivity contribution >= 4 is 17.3 Å². The van der Waals surface area contributed by atoms with Crippen LogP contribution in [0.25, 0.3) is 0 Å². The van der Waals surface area contributed by atoms with E-state index in [1.165, 1.54) is 0 Å². The summed E-state index contributed by atoms with van der Waals surface area (Å²) in [7, 11) is 4.03. The van der Waals surface area contributed by atoms with Gasteiger partial charge in [-0.25, -0.2) is 0 Å². The molecule has 0 saturated carbocycles. The van der Waals surface area contributed by atoms with Crippen molar-refractivity contribution in [3.8, 4) is 0 Å². The van der Waals surface area contributed by atoms with Gasteiger partial charge in [-0.15, -0.1) is 0 Å². The molecule has 0 unspecified atom stereocenters. The first kappa shape index (κ1) is 15.9. The lowest BCUT2D eigenvalue weighted by Crippen LogP contribution is -2.24. The molecule has 0 aliphatic rings. The van der Waals surface area contributed by atoms with Crippen molar-refractivity contribution in [2.45, 2.75) is 13.0 Å². The molecule has 2 aromatic rings. The Bertz CT molecular complexity index is 579. The van der Waals surface area contributed by atoms with Crippen molar-refractivity contribution in [3.63, 3.8) is 0 Å². The van der Waals surface area contributed by atoms with E-state index in [4.69, 9.17) is 0 Å². The molecule has 0 aliphatic carbocycles. The van der Waals surface area contributed by atoms with Crippen LogP contribution in [0.5, 0.6) is 0 Å². The second kappa shape index (κ2) is 8.08. The lowest BCUT2D eigenvalue weighted by molar-refractivity contribution is -0.121. The number of hydrogen-bond donors (Lipinski definition) is 2. The summed E-state index contributed by atoms with van der Waals surface area (Å²) >= 11 is 0. The molecule has 0 heterocycles. The lowest BCUT2D eigenvalue weighted by Gasteiger charge is -2.13. The van der Waals surface area contributed by atoms with Gasteiger partial charge in [-0.05, 0) is 29.8 Å². The molecule has 4 nitrogen and oxygen atoms in total. The summed E-state index contributed by atoms with van der Waals surface area (Å²) in [5.74, 6) is 0.0567. The van der Waals surface area contributed by atoms with Crippen molar-refractivity contribution in [3.05, 3.63) is 60.2 Å². The third-order valence-electron chi connectivity index (χ3n) is 3.40. The van der Waals surface area contributed by atoms with Crippen LogP contribution in [-0.2, 0) is 11.3 Å². The van der Waals surface area contributed by atoms with E-state index < -0.39 is 0 Å². The van der Waals surface area contributed by atoms with E-state index in [0.717, 1.165) is 16.9 Å². The number of anilines is 2. The maximum Gasteiger partial charge on any atom is 0.222 e. The fourth-order valence-electron chi connectivity index (χ4n) is 2.08. The molecular weight excluding hydrogens is 274 g/mol. The highest BCUT2D eigenvalue weighted by Gasteiger charge is 2.01. The highest BCUT2D eigenvalue weighted by atomic mass is 16.1. The SMILES string of the molecule is CN(C)c1ccc(NCCC(=O)NCc2ccccc2)cc1. The Labute approximate surface area is 132 Å². The monoisotopic (exact) mass is 297 g/mol. The molecule has 0 saturated heterocycles. The van der Waals surface area contributed by atoms with E-state index in [0.29, 0.717) is 19.5 Å². The average Bonchev–Trinajstić information content (AvgIpc) is 2.54. The van der Waals surface area contributed by atoms with Crippen LogP contribution in [0.2, 0.25) is 0 Å². The first-order valence-corrected chi connectivity index (χ1v) is 7.47. The molecule has 2 N–H and O–H groups in total. The molecule has 1 amide bonds. The molecule has 0 fully saturated rings. The molecule has 0 radical (unpaired) electrons. The van der Waals surface area contributed by atoms with Gasteiger partial charge in [-0.1, -0.05) is 30.3 Å². The normalized spacial score (nSPS) is 10.1. The number of benzene rings is 2. The van der Waals surface area contributed by atoms with Gasteiger partial charge in [-0.2, -0.15) is 0 Å². The van der Waals surface area contributed by atoms with Crippen LogP contribution >= 0.6 is 0 Å². The van der Waals surface area contributed by atoms with Crippen LogP contribution in [0.15, 0.2) is 54.6 Å². The molecule has 0 spiro atoms. The molecule has 0 aliphatic heterocycles. The van der Waals surface area contributed by atoms with Gasteiger partial charge in [0.1, 0.15) is 0 Å². The molecular formula is C18H23N3O. The number of amides is 1. The minimum Gasteiger partial charge on any atom is -0.385 e. The fourth-order valence-corrected chi connectivity index (χ4v) is 2.08. The molecule has 0 atom stereocenters. The third kappa shape index (κ3) is 5.13. The summed E-state index contributed by atoms with van der Waals surface area (Å²) in [6.07, 6.45) is 0.461. The zero-order valence-corrected chi connectivity index (χ0v) is 13.2. The quantitative estimate of drug-likeness (QED) is 0.826. The van der Waals surface area contributed by atoms with E-state index in [2.05, 4.69) is 27.7 Å². The van der Waals surface area contributed by atoms with E-state index in [9.17, 15) is 4.79 Å². The Morgan fingerprint density at radius 1 is 1.00 bits per heavy atom. The zero-order chi connectivity index (χ0) is 15.8. The van der Waals surface area contributed by atoms with Crippen molar-refractivity contribution in [2.75, 3.05) is 30.9 Å². The molecule has 22 heavy (non-hydrogen) atoms. The maximum absolute atomic E-state index is 11.8. The topological polar surface area (TPSA) is 44.4 Å². The van der Waals surface area contributed by atoms with E-state index in [1.54, 1.807) is 0 Å². The van der Waals surface area contributed by atoms with Gasteiger partial charge in [-0.3, -0.25) is 4.79 Å². The van der Waals surface area contributed by atoms with Crippen molar-refractivity contribution in [1.29, 1.82) is 0 Å². The minimum absolute atomic E-state index is 0.0567. The molecule has 4 heteroatoms. The summed E-state index contributed by atoms with van der Waals surface area (Å²) in [6.45, 7) is 1.21. The number of nitrogens with one attached hydrogen (secondary N) is 2. The molecule has 2 aromatic carbocycles. The third-order valence-corrected chi connectivity index (χ3v) is 3.40. The summed E-state index contributed by atoms with van der Waals surface area (Å²) in [5.41, 5.74) is 3.30. The van der Waals surface area contributed by atoms with Crippen molar-refractivity contribution in [1.82, 2.24) is 5.32 Å². The highest BCUT2D eigenvalue weighted by molar-refractivity contribution is 5.76. The number of carbonyl (C=O) groups excluding carboxylic acids is 1. The maximum atomic E-state index is 11.8. The van der Waals surface area contributed by atoms with Gasteiger partial charge in [0.15, 0.2) is 0 Å². The predicted octanol–water partition coefficient (Wildman–Crippen LogP) is 2.87. The van der Waals surface area contributed by atoms with Crippen LogP contribution in [-0.4, -0.2) is 26.5 Å². The number of nitrogens with zero attached hydrogens (tertiary/aromatic N) is 1. The first-order chi connectivity index (χ1) is 10.6. The first-order valence-electron chi connectivity index (χ1n) is 7.47. The minimum atomic E-state index is 0.0567. The largest absolute Gasteiger partial charge is 0.385 e. The lowest BCUT2D eigenvalue weighted by atomic mass is 10.2. The van der Waals surface area contributed by atoms with Crippen LogP contribution in [0.3, 0.4) is 0 Å². The van der Waals surface area contributed by atoms with Crippen LogP contribution in [0, 0.1) is 0 Å². The molecule has 0 bridgehead atoms. The van der Waals surface area contributed by atoms with Gasteiger partial charge in [0.25, 0.3) is 0 Å². The number of hydrogen-bond acceptors (Lipinski definition) is 3. The Morgan fingerprint density at radius 3 is 2.32 bits per heavy atom. The number of carbonyl (C=O) groups is 1. The van der Waals surface area contributed by atoms with Crippen LogP contribution in [0.1, 0.15) is 12.0 Å². The fraction of sp³-hybridized carbons (Fsp3) is 0.278. The predicted molar refractivity (Wildman–Crippen MR) is 92.2 cm³/mol. The summed E-state index contributed by atoms with van der Waals surface area (Å²) in [4.78, 5) is 13.8. The van der Waals surface area contributed by atoms with Gasteiger partial charge < -0.3 is 15.5 Å². The van der Waals surface area contributed by atoms with Crippen molar-refractivity contribution in [2.24, 2.45) is 0 Å². The summed E-state index contributed by atoms with van der Waals surface area (Å²) in [6, 6.07) is 18.1. The van der Waals surface area contributed by atoms with Gasteiger partial charge in [0.2, 0.25) is 5.91 Å². The molecule has 2 rings (SSSR count). The van der Waals surface area contributed by atoms with Crippen LogP contribution in [0.4, 0.5) is 11.4 Å². The summed E-state index contributed by atoms with van der Waals surface area (Å²) < 4.78 is 0. The molecule has 116 valence electrons. The van der Waals surface area contributed by atoms with E-state index in [1.807, 2.05) is 56.6 Å². The molecule has 0 aromatic heterocycles. The Morgan fingerprint density at radius 2 is 1.68 bits per heavy atom. The Balaban J connectivity index is 1.68. The van der Waals surface area contributed by atoms with Crippen molar-refractivity contribution < 1.29 is 4.79 Å². The van der Waals surface area contributed by atoms with E-state index >= 15 is 0 Å². The van der Waals surface area contributed by atoms with Gasteiger partial charge in [0, 0.05) is 45.0 Å². The highest BCUT2D eigenvalue weighted by Crippen LogP contribution is 2.15. The van der Waals surface area contributed by atoms with Gasteiger partial charge in [0.05, 0.1) is 0 Å². The Hall–Kier alpha value is -2.49. The second-order valence-corrected chi connectivity index (χ2v) is 5.38. The average molecular weight is 297 g/mol. The zero-order valence-electron chi connectivity index (χ0n) is 13.2.